The van der Waals surface area contributed by atoms with Crippen LogP contribution in [0.5, 0.6) is 0 Å². The van der Waals surface area contributed by atoms with Gasteiger partial charge in [0.15, 0.2) is 0 Å². The van der Waals surface area contributed by atoms with E-state index in [1.165, 1.54) is 11.3 Å². The van der Waals surface area contributed by atoms with E-state index < -0.39 is 0 Å². The molecule has 1 fully saturated rings. The first kappa shape index (κ1) is 16.3. The van der Waals surface area contributed by atoms with Crippen LogP contribution < -0.4 is 10.6 Å². The molecule has 8 heteroatoms. The number of anilines is 1. The number of thiophene rings is 1. The zero-order valence-electron chi connectivity index (χ0n) is 13.2. The topological polar surface area (TPSA) is 75.5 Å². The lowest BCUT2D eigenvalue weighted by molar-refractivity contribution is -0.117. The zero-order valence-corrected chi connectivity index (χ0v) is 15.6. The van der Waals surface area contributed by atoms with Gasteiger partial charge in [-0.1, -0.05) is 0 Å². The summed E-state index contributed by atoms with van der Waals surface area (Å²) in [6, 6.07) is 7.32. The predicted molar refractivity (Wildman–Crippen MR) is 99.7 cm³/mol. The van der Waals surface area contributed by atoms with Crippen LogP contribution in [-0.4, -0.2) is 21.2 Å². The summed E-state index contributed by atoms with van der Waals surface area (Å²) < 4.78 is 2.87. The number of carbonyl (C=O) groups is 2. The molecule has 1 saturated carbocycles. The van der Waals surface area contributed by atoms with E-state index in [2.05, 4.69) is 31.5 Å². The van der Waals surface area contributed by atoms with Crippen molar-refractivity contribution in [3.8, 4) is 0 Å². The summed E-state index contributed by atoms with van der Waals surface area (Å²) in [7, 11) is 0. The molecular formula is C17H15BrN4O2S. The van der Waals surface area contributed by atoms with Gasteiger partial charge >= 0.3 is 0 Å². The number of rotatable bonds is 5. The average molecular weight is 419 g/mol. The fourth-order valence-corrected chi connectivity index (χ4v) is 3.63. The number of nitrogens with zero attached hydrogens (tertiary/aromatic N) is 2. The fraction of sp³-hybridized carbons (Fsp3) is 0.235. The van der Waals surface area contributed by atoms with Crippen LogP contribution in [0.2, 0.25) is 0 Å². The first-order valence-electron chi connectivity index (χ1n) is 7.90. The largest absolute Gasteiger partial charge is 0.346 e. The molecule has 2 N–H and O–H groups in total. The third kappa shape index (κ3) is 3.74. The number of pyridine rings is 1. The van der Waals surface area contributed by atoms with E-state index in [9.17, 15) is 9.59 Å². The Morgan fingerprint density at radius 1 is 1.24 bits per heavy atom. The van der Waals surface area contributed by atoms with Crippen LogP contribution in [0.15, 0.2) is 41.1 Å². The molecule has 1 aliphatic rings. The molecule has 25 heavy (non-hydrogen) atoms. The summed E-state index contributed by atoms with van der Waals surface area (Å²) in [6.07, 6.45) is 5.72. The number of hydrogen-bond acceptors (Lipinski definition) is 4. The van der Waals surface area contributed by atoms with Crippen molar-refractivity contribution in [1.29, 1.82) is 0 Å². The molecule has 4 rings (SSSR count). The molecule has 0 atom stereocenters. The molecule has 0 saturated heterocycles. The summed E-state index contributed by atoms with van der Waals surface area (Å²) in [5.74, 6) is 0.0225. The van der Waals surface area contributed by atoms with Crippen LogP contribution in [0.1, 0.15) is 28.2 Å². The Labute approximate surface area is 156 Å². The lowest BCUT2D eigenvalue weighted by atomic mass is 10.4. The van der Waals surface area contributed by atoms with Crippen molar-refractivity contribution in [2.45, 2.75) is 19.4 Å². The Hall–Kier alpha value is -2.19. The van der Waals surface area contributed by atoms with Crippen LogP contribution >= 0.6 is 27.3 Å². The Kier molecular flexibility index (Phi) is 4.30. The van der Waals surface area contributed by atoms with Gasteiger partial charge in [0.25, 0.3) is 5.91 Å². The van der Waals surface area contributed by atoms with Gasteiger partial charge in [-0.3, -0.25) is 9.59 Å². The molecule has 0 bridgehead atoms. The number of fused-ring (bicyclic) bond motifs is 1. The zero-order chi connectivity index (χ0) is 17.4. The molecule has 6 nitrogen and oxygen atoms in total. The van der Waals surface area contributed by atoms with Gasteiger partial charge in [-0.15, -0.1) is 11.3 Å². The van der Waals surface area contributed by atoms with Crippen molar-refractivity contribution in [3.63, 3.8) is 0 Å². The number of halogens is 1. The molecule has 0 spiro atoms. The summed E-state index contributed by atoms with van der Waals surface area (Å²) in [4.78, 5) is 29.1. The highest BCUT2D eigenvalue weighted by molar-refractivity contribution is 9.10. The number of imidazole rings is 1. The molecule has 0 aromatic carbocycles. The van der Waals surface area contributed by atoms with Crippen molar-refractivity contribution >= 4 is 49.7 Å². The second kappa shape index (κ2) is 6.61. The van der Waals surface area contributed by atoms with Gasteiger partial charge in [0.2, 0.25) is 5.91 Å². The first-order chi connectivity index (χ1) is 12.1. The molecule has 2 amide bonds. The minimum atomic E-state index is -0.171. The van der Waals surface area contributed by atoms with Gasteiger partial charge in [0.1, 0.15) is 5.65 Å². The monoisotopic (exact) mass is 418 g/mol. The van der Waals surface area contributed by atoms with Crippen molar-refractivity contribution in [2.24, 2.45) is 5.92 Å². The Balaban J connectivity index is 1.37. The Morgan fingerprint density at radius 2 is 2.08 bits per heavy atom. The van der Waals surface area contributed by atoms with Crippen molar-refractivity contribution in [1.82, 2.24) is 14.7 Å². The van der Waals surface area contributed by atoms with Crippen molar-refractivity contribution in [3.05, 3.63) is 51.7 Å². The van der Waals surface area contributed by atoms with Crippen molar-refractivity contribution in [2.75, 3.05) is 5.32 Å². The lowest BCUT2D eigenvalue weighted by Crippen LogP contribution is -2.21. The molecule has 0 unspecified atom stereocenters. The van der Waals surface area contributed by atoms with E-state index in [4.69, 9.17) is 0 Å². The Morgan fingerprint density at radius 3 is 2.88 bits per heavy atom. The quantitative estimate of drug-likeness (QED) is 0.666. The lowest BCUT2D eigenvalue weighted by Gasteiger charge is -2.01. The molecule has 128 valence electrons. The van der Waals surface area contributed by atoms with Gasteiger partial charge < -0.3 is 15.0 Å². The molecular weight excluding hydrogens is 404 g/mol. The van der Waals surface area contributed by atoms with Gasteiger partial charge in [-0.2, -0.15) is 0 Å². The Bertz CT molecular complexity index is 961. The maximum Gasteiger partial charge on any atom is 0.261 e. The maximum absolute atomic E-state index is 12.3. The number of amides is 2. The maximum atomic E-state index is 12.3. The SMILES string of the molecule is O=C(NCc1cn2cc(Br)ccc2n1)c1ccc(NC(=O)C2CC2)s1. The minimum Gasteiger partial charge on any atom is -0.346 e. The molecule has 3 aromatic heterocycles. The van der Waals surface area contributed by atoms with E-state index in [1.54, 1.807) is 12.1 Å². The summed E-state index contributed by atoms with van der Waals surface area (Å²) in [5, 5.41) is 6.43. The normalized spacial score (nSPS) is 13.8. The molecule has 0 aliphatic heterocycles. The van der Waals surface area contributed by atoms with Crippen LogP contribution in [0.3, 0.4) is 0 Å². The fourth-order valence-electron chi connectivity index (χ4n) is 2.46. The second-order valence-electron chi connectivity index (χ2n) is 5.96. The van der Waals surface area contributed by atoms with Gasteiger partial charge in [-0.05, 0) is 53.0 Å². The third-order valence-electron chi connectivity index (χ3n) is 3.92. The van der Waals surface area contributed by atoms with Gasteiger partial charge in [0.05, 0.1) is 22.1 Å². The third-order valence-corrected chi connectivity index (χ3v) is 5.39. The minimum absolute atomic E-state index is 0.0460. The van der Waals surface area contributed by atoms with Crippen LogP contribution in [-0.2, 0) is 11.3 Å². The predicted octanol–water partition coefficient (Wildman–Crippen LogP) is 3.44. The smallest absolute Gasteiger partial charge is 0.261 e. The molecule has 1 aliphatic carbocycles. The molecule has 3 heterocycles. The first-order valence-corrected chi connectivity index (χ1v) is 9.51. The summed E-state index contributed by atoms with van der Waals surface area (Å²) in [6.45, 7) is 0.347. The van der Waals surface area contributed by atoms with E-state index in [-0.39, 0.29) is 17.7 Å². The molecule has 0 radical (unpaired) electrons. The van der Waals surface area contributed by atoms with Crippen molar-refractivity contribution < 1.29 is 9.59 Å². The number of nitrogens with one attached hydrogen (secondary N) is 2. The summed E-state index contributed by atoms with van der Waals surface area (Å²) >= 11 is 4.70. The highest BCUT2D eigenvalue weighted by Crippen LogP contribution is 2.31. The van der Waals surface area contributed by atoms with Crippen LogP contribution in [0.25, 0.3) is 5.65 Å². The highest BCUT2D eigenvalue weighted by Gasteiger charge is 2.29. The number of aromatic nitrogens is 2. The summed E-state index contributed by atoms with van der Waals surface area (Å²) in [5.41, 5.74) is 1.61. The average Bonchev–Trinajstić information content (AvgIpc) is 3.21. The van der Waals surface area contributed by atoms with Crippen LogP contribution in [0.4, 0.5) is 5.00 Å². The number of carbonyl (C=O) groups excluding carboxylic acids is 2. The van der Waals surface area contributed by atoms with Gasteiger partial charge in [0, 0.05) is 22.8 Å². The standard InChI is InChI=1S/C17H15BrN4O2S/c18-11-3-5-14-20-12(9-22(14)8-11)7-19-17(24)13-4-6-15(25-13)21-16(23)10-1-2-10/h3-6,8-10H,1-2,7H2,(H,19,24)(H,21,23). The van der Waals surface area contributed by atoms with E-state index >= 15 is 0 Å². The van der Waals surface area contributed by atoms with E-state index in [0.717, 1.165) is 28.7 Å². The van der Waals surface area contributed by atoms with Crippen LogP contribution in [0, 0.1) is 5.92 Å². The van der Waals surface area contributed by atoms with E-state index in [0.29, 0.717) is 16.4 Å². The van der Waals surface area contributed by atoms with Gasteiger partial charge in [-0.25, -0.2) is 4.98 Å². The second-order valence-corrected chi connectivity index (χ2v) is 7.95. The number of hydrogen-bond donors (Lipinski definition) is 2. The highest BCUT2D eigenvalue weighted by atomic mass is 79.9. The molecule has 3 aromatic rings. The van der Waals surface area contributed by atoms with E-state index in [1.807, 2.05) is 28.9 Å².